The van der Waals surface area contributed by atoms with Gasteiger partial charge in [0.1, 0.15) is 5.82 Å². The number of piperazine rings is 1. The smallest absolute Gasteiger partial charge is 0.227 e. The number of hydrogen-bond donors (Lipinski definition) is 1. The topological polar surface area (TPSA) is 83.0 Å². The zero-order valence-corrected chi connectivity index (χ0v) is 15.8. The van der Waals surface area contributed by atoms with Gasteiger partial charge in [0.2, 0.25) is 11.9 Å². The fourth-order valence-electron chi connectivity index (χ4n) is 3.47. The Morgan fingerprint density at radius 3 is 2.17 bits per heavy atom. The number of nitrogens with zero attached hydrogens (tertiary/aromatic N) is 7. The summed E-state index contributed by atoms with van der Waals surface area (Å²) >= 11 is 0. The first-order valence-electron chi connectivity index (χ1n) is 9.57. The molecule has 0 unspecified atom stereocenters. The minimum atomic E-state index is 0.719. The molecule has 29 heavy (non-hydrogen) atoms. The van der Waals surface area contributed by atoms with E-state index in [2.05, 4.69) is 47.2 Å². The quantitative estimate of drug-likeness (QED) is 0.575. The van der Waals surface area contributed by atoms with Gasteiger partial charge in [0.15, 0.2) is 0 Å². The molecular weight excluding hydrogens is 364 g/mol. The van der Waals surface area contributed by atoms with Crippen molar-refractivity contribution in [1.82, 2.24) is 24.9 Å². The molecule has 1 N–H and O–H groups in total. The minimum absolute atomic E-state index is 0.719. The Labute approximate surface area is 168 Å². The van der Waals surface area contributed by atoms with E-state index < -0.39 is 0 Å². The average Bonchev–Trinajstić information content (AvgIpc) is 2.80. The molecule has 5 rings (SSSR count). The predicted octanol–water partition coefficient (Wildman–Crippen LogP) is 2.89. The van der Waals surface area contributed by atoms with Crippen LogP contribution < -0.4 is 15.1 Å². The van der Waals surface area contributed by atoms with E-state index in [0.717, 1.165) is 60.5 Å². The molecule has 0 bridgehead atoms. The molecule has 144 valence electrons. The summed E-state index contributed by atoms with van der Waals surface area (Å²) in [4.78, 5) is 26.7. The van der Waals surface area contributed by atoms with E-state index >= 15 is 0 Å². The number of pyridine rings is 1. The van der Waals surface area contributed by atoms with Crippen LogP contribution in [0.25, 0.3) is 10.9 Å². The summed E-state index contributed by atoms with van der Waals surface area (Å²) in [5.41, 5.74) is 1.85. The molecule has 4 heterocycles. The molecule has 0 radical (unpaired) electrons. The van der Waals surface area contributed by atoms with E-state index in [4.69, 9.17) is 4.98 Å². The Hall–Kier alpha value is -3.81. The molecule has 0 atom stereocenters. The van der Waals surface area contributed by atoms with Crippen LogP contribution in [-0.4, -0.2) is 51.1 Å². The molecule has 1 aromatic carbocycles. The number of benzene rings is 1. The third kappa shape index (κ3) is 3.64. The lowest BCUT2D eigenvalue weighted by molar-refractivity contribution is 0.628. The van der Waals surface area contributed by atoms with Gasteiger partial charge in [0.05, 0.1) is 11.2 Å². The molecule has 4 aromatic rings. The lowest BCUT2D eigenvalue weighted by Gasteiger charge is -2.34. The summed E-state index contributed by atoms with van der Waals surface area (Å²) in [6.45, 7) is 3.30. The predicted molar refractivity (Wildman–Crippen MR) is 114 cm³/mol. The van der Waals surface area contributed by atoms with Crippen molar-refractivity contribution >= 4 is 34.3 Å². The van der Waals surface area contributed by atoms with Crippen LogP contribution in [-0.2, 0) is 0 Å². The summed E-state index contributed by atoms with van der Waals surface area (Å²) in [7, 11) is 0. The van der Waals surface area contributed by atoms with Gasteiger partial charge in [-0.3, -0.25) is 4.98 Å². The normalized spacial score (nSPS) is 14.2. The summed E-state index contributed by atoms with van der Waals surface area (Å²) in [6.07, 6.45) is 7.13. The molecule has 0 amide bonds. The number of anilines is 4. The first kappa shape index (κ1) is 17.3. The number of aromatic nitrogens is 5. The standard InChI is InChI=1S/C21H20N8/c1-4-16-5-2-8-22-19(16)17(6-1)26-18-7-11-25-21(27-18)29-14-12-28(13-15-29)20-23-9-3-10-24-20/h1-11H,12-15H2,(H,25,26,27). The number of nitrogens with one attached hydrogen (secondary N) is 1. The number of rotatable bonds is 4. The van der Waals surface area contributed by atoms with Crippen LogP contribution in [0.5, 0.6) is 0 Å². The van der Waals surface area contributed by atoms with Crippen LogP contribution >= 0.6 is 0 Å². The lowest BCUT2D eigenvalue weighted by atomic mass is 10.2. The molecule has 1 aliphatic heterocycles. The lowest BCUT2D eigenvalue weighted by Crippen LogP contribution is -2.47. The Morgan fingerprint density at radius 2 is 1.34 bits per heavy atom. The van der Waals surface area contributed by atoms with Crippen LogP contribution in [0.15, 0.2) is 67.3 Å². The van der Waals surface area contributed by atoms with Gasteiger partial charge < -0.3 is 15.1 Å². The zero-order valence-electron chi connectivity index (χ0n) is 15.8. The Balaban J connectivity index is 1.32. The molecule has 8 heteroatoms. The first-order valence-corrected chi connectivity index (χ1v) is 9.57. The van der Waals surface area contributed by atoms with Crippen LogP contribution in [0.2, 0.25) is 0 Å². The second kappa shape index (κ2) is 7.67. The van der Waals surface area contributed by atoms with Gasteiger partial charge in [-0.25, -0.2) is 15.0 Å². The maximum Gasteiger partial charge on any atom is 0.227 e. The van der Waals surface area contributed by atoms with Crippen molar-refractivity contribution in [2.24, 2.45) is 0 Å². The highest BCUT2D eigenvalue weighted by molar-refractivity contribution is 5.91. The van der Waals surface area contributed by atoms with Gasteiger partial charge in [-0.1, -0.05) is 18.2 Å². The fraction of sp³-hybridized carbons (Fsp3) is 0.190. The highest BCUT2D eigenvalue weighted by atomic mass is 15.4. The Bertz CT molecular complexity index is 1100. The first-order chi connectivity index (χ1) is 14.4. The monoisotopic (exact) mass is 384 g/mol. The van der Waals surface area contributed by atoms with Crippen molar-refractivity contribution in [2.45, 2.75) is 0 Å². The van der Waals surface area contributed by atoms with E-state index in [0.29, 0.717) is 0 Å². The Morgan fingerprint density at radius 1 is 0.655 bits per heavy atom. The van der Waals surface area contributed by atoms with Gasteiger partial charge in [-0.05, 0) is 24.3 Å². The second-order valence-electron chi connectivity index (χ2n) is 6.77. The third-order valence-electron chi connectivity index (χ3n) is 4.94. The van der Waals surface area contributed by atoms with Gasteiger partial charge in [0.25, 0.3) is 0 Å². The van der Waals surface area contributed by atoms with Gasteiger partial charge in [-0.2, -0.15) is 4.98 Å². The summed E-state index contributed by atoms with van der Waals surface area (Å²) in [6, 6.07) is 13.8. The molecule has 1 aliphatic rings. The summed E-state index contributed by atoms with van der Waals surface area (Å²) in [5, 5.41) is 4.48. The minimum Gasteiger partial charge on any atom is -0.338 e. The van der Waals surface area contributed by atoms with Crippen molar-refractivity contribution in [1.29, 1.82) is 0 Å². The van der Waals surface area contributed by atoms with Gasteiger partial charge in [0, 0.05) is 56.4 Å². The number of fused-ring (bicyclic) bond motifs is 1. The van der Waals surface area contributed by atoms with Gasteiger partial charge >= 0.3 is 0 Å². The largest absolute Gasteiger partial charge is 0.338 e. The maximum absolute atomic E-state index is 4.72. The maximum atomic E-state index is 4.72. The molecule has 3 aromatic heterocycles. The van der Waals surface area contributed by atoms with Gasteiger partial charge in [-0.15, -0.1) is 0 Å². The van der Waals surface area contributed by atoms with Crippen LogP contribution in [0.4, 0.5) is 23.4 Å². The molecule has 0 spiro atoms. The third-order valence-corrected chi connectivity index (χ3v) is 4.94. The molecule has 0 saturated carbocycles. The van der Waals surface area contributed by atoms with E-state index in [1.54, 1.807) is 24.8 Å². The summed E-state index contributed by atoms with van der Waals surface area (Å²) < 4.78 is 0. The molecule has 8 nitrogen and oxygen atoms in total. The van der Waals surface area contributed by atoms with E-state index in [1.807, 2.05) is 30.3 Å². The van der Waals surface area contributed by atoms with Crippen molar-refractivity contribution in [3.63, 3.8) is 0 Å². The highest BCUT2D eigenvalue weighted by Crippen LogP contribution is 2.24. The summed E-state index contributed by atoms with van der Waals surface area (Å²) in [5.74, 6) is 2.24. The van der Waals surface area contributed by atoms with Crippen molar-refractivity contribution in [2.75, 3.05) is 41.3 Å². The van der Waals surface area contributed by atoms with Crippen molar-refractivity contribution < 1.29 is 0 Å². The number of para-hydroxylation sites is 1. The van der Waals surface area contributed by atoms with E-state index in [1.165, 1.54) is 0 Å². The molecule has 1 saturated heterocycles. The van der Waals surface area contributed by atoms with Crippen molar-refractivity contribution in [3.05, 3.63) is 67.3 Å². The molecule has 1 fully saturated rings. The fourth-order valence-corrected chi connectivity index (χ4v) is 3.47. The highest BCUT2D eigenvalue weighted by Gasteiger charge is 2.20. The van der Waals surface area contributed by atoms with Crippen LogP contribution in [0, 0.1) is 0 Å². The SMILES string of the molecule is c1cnc(N2CCN(c3nccc(Nc4cccc5cccnc45)n3)CC2)nc1. The number of hydrogen-bond acceptors (Lipinski definition) is 8. The second-order valence-corrected chi connectivity index (χ2v) is 6.77. The zero-order chi connectivity index (χ0) is 19.5. The average molecular weight is 384 g/mol. The molecular formula is C21H20N8. The van der Waals surface area contributed by atoms with Crippen molar-refractivity contribution in [3.8, 4) is 0 Å². The van der Waals surface area contributed by atoms with E-state index in [-0.39, 0.29) is 0 Å². The molecule has 0 aliphatic carbocycles. The Kier molecular flexibility index (Phi) is 4.57. The van der Waals surface area contributed by atoms with Crippen LogP contribution in [0.1, 0.15) is 0 Å². The van der Waals surface area contributed by atoms with Crippen LogP contribution in [0.3, 0.4) is 0 Å². The van der Waals surface area contributed by atoms with E-state index in [9.17, 15) is 0 Å².